The summed E-state index contributed by atoms with van der Waals surface area (Å²) in [7, 11) is -2.72. The zero-order valence-corrected chi connectivity index (χ0v) is 13.5. The SMILES string of the molecule is CCOP(=O)(OCC)[C@@H]1[C@@H](O)[C@@H](O)Cn2c(=O)n(C)c(=O)n21. The number of hydrogen-bond acceptors (Lipinski definition) is 7. The molecule has 11 heteroatoms. The number of aromatic nitrogens is 3. The average molecular weight is 337 g/mol. The third-order valence-corrected chi connectivity index (χ3v) is 5.91. The van der Waals surface area contributed by atoms with Crippen molar-refractivity contribution < 1.29 is 23.8 Å². The zero-order chi connectivity index (χ0) is 16.7. The predicted molar refractivity (Wildman–Crippen MR) is 75.8 cm³/mol. The van der Waals surface area contributed by atoms with Gasteiger partial charge in [0.15, 0.2) is 5.78 Å². The van der Waals surface area contributed by atoms with Crippen LogP contribution in [-0.2, 0) is 27.2 Å². The quantitative estimate of drug-likeness (QED) is 0.650. The molecule has 3 atom stereocenters. The maximum absolute atomic E-state index is 13.0. The van der Waals surface area contributed by atoms with Gasteiger partial charge in [0.05, 0.1) is 19.8 Å². The van der Waals surface area contributed by atoms with Gasteiger partial charge < -0.3 is 19.3 Å². The summed E-state index contributed by atoms with van der Waals surface area (Å²) in [6, 6.07) is 0. The van der Waals surface area contributed by atoms with Crippen molar-refractivity contribution in [1.82, 2.24) is 13.9 Å². The maximum atomic E-state index is 13.0. The smallest absolute Gasteiger partial charge is 0.357 e. The lowest BCUT2D eigenvalue weighted by atomic mass is 10.2. The summed E-state index contributed by atoms with van der Waals surface area (Å²) in [6.07, 6.45) is -2.94. The molecule has 0 saturated carbocycles. The van der Waals surface area contributed by atoms with Gasteiger partial charge in [-0.15, -0.1) is 0 Å². The molecule has 0 fully saturated rings. The van der Waals surface area contributed by atoms with E-state index in [0.29, 0.717) is 0 Å². The minimum Gasteiger partial charge on any atom is -0.388 e. The molecule has 0 amide bonds. The Kier molecular flexibility index (Phi) is 4.78. The minimum absolute atomic E-state index is 0.0163. The van der Waals surface area contributed by atoms with E-state index in [1.54, 1.807) is 13.8 Å². The van der Waals surface area contributed by atoms with E-state index in [9.17, 15) is 24.4 Å². The third kappa shape index (κ3) is 2.50. The molecular formula is C11H20N3O7P. The number of aliphatic hydroxyl groups is 2. The fourth-order valence-electron chi connectivity index (χ4n) is 2.53. The molecule has 2 N–H and O–H groups in total. The van der Waals surface area contributed by atoms with Crippen LogP contribution >= 0.6 is 7.60 Å². The van der Waals surface area contributed by atoms with Gasteiger partial charge >= 0.3 is 19.0 Å². The molecule has 0 radical (unpaired) electrons. The molecule has 0 unspecified atom stereocenters. The second-order valence-corrected chi connectivity index (χ2v) is 7.02. The summed E-state index contributed by atoms with van der Waals surface area (Å²) >= 11 is 0. The first-order valence-corrected chi connectivity index (χ1v) is 8.52. The standard InChI is InChI=1S/C11H20N3O7P/c1-4-20-22(19,21-5-2)9-8(16)7(15)6-13-10(17)12(3)11(18)14(9)13/h7-9,15-16H,4-6H2,1-3H3/t7-,8-,9+/m0/s1. The van der Waals surface area contributed by atoms with Crippen LogP contribution in [0.2, 0.25) is 0 Å². The summed E-state index contributed by atoms with van der Waals surface area (Å²) in [6.45, 7) is 2.91. The van der Waals surface area contributed by atoms with Crippen molar-refractivity contribution in [3.8, 4) is 0 Å². The van der Waals surface area contributed by atoms with E-state index < -0.39 is 37.0 Å². The lowest BCUT2D eigenvalue weighted by Crippen LogP contribution is -2.50. The van der Waals surface area contributed by atoms with E-state index in [2.05, 4.69) is 0 Å². The highest BCUT2D eigenvalue weighted by Gasteiger charge is 2.50. The second-order valence-electron chi connectivity index (χ2n) is 4.90. The number of aliphatic hydroxyl groups excluding tert-OH is 2. The first kappa shape index (κ1) is 17.2. The van der Waals surface area contributed by atoms with Gasteiger partial charge in [0.1, 0.15) is 12.2 Å². The lowest BCUT2D eigenvalue weighted by molar-refractivity contribution is -0.0435. The van der Waals surface area contributed by atoms with Crippen molar-refractivity contribution in [2.75, 3.05) is 13.2 Å². The molecule has 0 aliphatic carbocycles. The lowest BCUT2D eigenvalue weighted by Gasteiger charge is -2.36. The Morgan fingerprint density at radius 1 is 1.18 bits per heavy atom. The Hall–Kier alpha value is -1.19. The fourth-order valence-corrected chi connectivity index (χ4v) is 4.69. The fraction of sp³-hybridized carbons (Fsp3) is 0.818. The van der Waals surface area contributed by atoms with E-state index in [1.807, 2.05) is 0 Å². The van der Waals surface area contributed by atoms with E-state index in [0.717, 1.165) is 13.9 Å². The average Bonchev–Trinajstić information content (AvgIpc) is 2.65. The molecule has 1 aliphatic heterocycles. The van der Waals surface area contributed by atoms with Gasteiger partial charge in [-0.25, -0.2) is 23.5 Å². The molecule has 0 bridgehead atoms. The summed E-state index contributed by atoms with van der Waals surface area (Å²) in [5.74, 6) is -1.49. The van der Waals surface area contributed by atoms with Crippen molar-refractivity contribution in [1.29, 1.82) is 0 Å². The van der Waals surface area contributed by atoms with Crippen molar-refractivity contribution >= 4 is 7.60 Å². The van der Waals surface area contributed by atoms with Crippen molar-refractivity contribution in [3.63, 3.8) is 0 Å². The van der Waals surface area contributed by atoms with Gasteiger partial charge in [0.2, 0.25) is 0 Å². The normalized spacial score (nSPS) is 25.2. The summed E-state index contributed by atoms with van der Waals surface area (Å²) in [4.78, 5) is 24.2. The van der Waals surface area contributed by atoms with Gasteiger partial charge in [-0.1, -0.05) is 0 Å². The van der Waals surface area contributed by atoms with Crippen molar-refractivity contribution in [2.24, 2.45) is 7.05 Å². The molecule has 0 saturated heterocycles. The summed E-state index contributed by atoms with van der Waals surface area (Å²) < 4.78 is 25.9. The maximum Gasteiger partial charge on any atom is 0.357 e. The Balaban J connectivity index is 2.70. The Morgan fingerprint density at radius 2 is 1.73 bits per heavy atom. The number of fused-ring (bicyclic) bond motifs is 1. The number of nitrogens with zero attached hydrogens (tertiary/aromatic N) is 3. The van der Waals surface area contributed by atoms with Crippen LogP contribution < -0.4 is 11.4 Å². The van der Waals surface area contributed by atoms with Gasteiger partial charge in [-0.05, 0) is 13.8 Å². The Morgan fingerprint density at radius 3 is 2.23 bits per heavy atom. The number of hydrogen-bond donors (Lipinski definition) is 2. The molecule has 0 spiro atoms. The topological polar surface area (TPSA) is 125 Å². The van der Waals surface area contributed by atoms with Gasteiger partial charge in [0.25, 0.3) is 0 Å². The van der Waals surface area contributed by atoms with E-state index in [4.69, 9.17) is 9.05 Å². The molecule has 2 heterocycles. The summed E-state index contributed by atoms with van der Waals surface area (Å²) in [5, 5.41) is 20.2. The molecule has 1 aromatic rings. The zero-order valence-electron chi connectivity index (χ0n) is 12.6. The minimum atomic E-state index is -3.97. The number of rotatable bonds is 5. The van der Waals surface area contributed by atoms with Crippen LogP contribution in [-0.4, -0.2) is 49.6 Å². The van der Waals surface area contributed by atoms with Crippen molar-refractivity contribution in [2.45, 2.75) is 38.4 Å². The molecule has 2 rings (SSSR count). The van der Waals surface area contributed by atoms with E-state index in [-0.39, 0.29) is 19.8 Å². The van der Waals surface area contributed by atoms with Crippen LogP contribution in [0.3, 0.4) is 0 Å². The summed E-state index contributed by atoms with van der Waals surface area (Å²) in [5.41, 5.74) is -1.44. The Bertz CT molecular complexity index is 696. The van der Waals surface area contributed by atoms with Gasteiger partial charge in [-0.3, -0.25) is 4.57 Å². The molecule has 1 aromatic heterocycles. The van der Waals surface area contributed by atoms with Crippen LogP contribution in [0, 0.1) is 0 Å². The second kappa shape index (κ2) is 6.13. The van der Waals surface area contributed by atoms with Crippen LogP contribution in [0.15, 0.2) is 9.59 Å². The molecule has 22 heavy (non-hydrogen) atoms. The highest BCUT2D eigenvalue weighted by Crippen LogP contribution is 2.60. The van der Waals surface area contributed by atoms with E-state index >= 15 is 0 Å². The molecule has 10 nitrogen and oxygen atoms in total. The monoisotopic (exact) mass is 337 g/mol. The van der Waals surface area contributed by atoms with Crippen LogP contribution in [0.1, 0.15) is 19.6 Å². The van der Waals surface area contributed by atoms with Gasteiger partial charge in [-0.2, -0.15) is 0 Å². The molecule has 1 aliphatic rings. The first-order valence-electron chi connectivity index (χ1n) is 6.91. The van der Waals surface area contributed by atoms with Crippen LogP contribution in [0.5, 0.6) is 0 Å². The predicted octanol–water partition coefficient (Wildman–Crippen LogP) is -1.15. The Labute approximate surface area is 126 Å². The third-order valence-electron chi connectivity index (χ3n) is 3.50. The molecule has 126 valence electrons. The largest absolute Gasteiger partial charge is 0.388 e. The van der Waals surface area contributed by atoms with Gasteiger partial charge in [0, 0.05) is 7.05 Å². The first-order chi connectivity index (χ1) is 10.3. The van der Waals surface area contributed by atoms with Crippen LogP contribution in [0.25, 0.3) is 0 Å². The molecule has 0 aromatic carbocycles. The van der Waals surface area contributed by atoms with E-state index in [1.165, 1.54) is 7.05 Å². The van der Waals surface area contributed by atoms with Crippen LogP contribution in [0.4, 0.5) is 0 Å². The highest BCUT2D eigenvalue weighted by molar-refractivity contribution is 7.54. The molecular weight excluding hydrogens is 317 g/mol. The van der Waals surface area contributed by atoms with Crippen molar-refractivity contribution in [3.05, 3.63) is 21.0 Å². The highest BCUT2D eigenvalue weighted by atomic mass is 31.2.